The molecule has 0 unspecified atom stereocenters. The summed E-state index contributed by atoms with van der Waals surface area (Å²) in [6.45, 7) is 0. The molecule has 0 bridgehead atoms. The highest BCUT2D eigenvalue weighted by Gasteiger charge is 2.05. The third-order valence-corrected chi connectivity index (χ3v) is 4.24. The Morgan fingerprint density at radius 3 is 2.93 bits per heavy atom. The lowest BCUT2D eigenvalue weighted by Gasteiger charge is -2.14. The van der Waals surface area contributed by atoms with Gasteiger partial charge in [0.25, 0.3) is 0 Å². The Morgan fingerprint density at radius 2 is 2.33 bits per heavy atom. The van der Waals surface area contributed by atoms with Gasteiger partial charge in [-0.25, -0.2) is 0 Å². The zero-order valence-electron chi connectivity index (χ0n) is 7.69. The SMILES string of the molecule is O=C(O)CCSN(I)c1cccc(Br)c1. The summed E-state index contributed by atoms with van der Waals surface area (Å²) >= 11 is 7.03. The highest BCUT2D eigenvalue weighted by molar-refractivity contribution is 14.1. The second-order valence-electron chi connectivity index (χ2n) is 2.70. The molecule has 0 radical (unpaired) electrons. The van der Waals surface area contributed by atoms with E-state index in [0.29, 0.717) is 5.75 Å². The summed E-state index contributed by atoms with van der Waals surface area (Å²) in [5.74, 6) is -0.188. The van der Waals surface area contributed by atoms with Gasteiger partial charge < -0.3 is 5.11 Å². The number of anilines is 1. The number of hydrogen-bond acceptors (Lipinski definition) is 3. The van der Waals surface area contributed by atoms with Crippen LogP contribution < -0.4 is 2.52 Å². The standard InChI is InChI=1S/C9H9BrINO2S/c10-7-2-1-3-8(6-7)12(11)15-5-4-9(13)14/h1-3,6H,4-5H2,(H,13,14). The van der Waals surface area contributed by atoms with E-state index in [1.165, 1.54) is 11.9 Å². The third-order valence-electron chi connectivity index (χ3n) is 1.53. The average molecular weight is 402 g/mol. The summed E-state index contributed by atoms with van der Waals surface area (Å²) in [5.41, 5.74) is 1.04. The number of carboxylic acids is 1. The molecule has 1 aromatic rings. The van der Waals surface area contributed by atoms with E-state index in [4.69, 9.17) is 5.11 Å². The van der Waals surface area contributed by atoms with Crippen LogP contribution in [0.5, 0.6) is 0 Å². The van der Waals surface area contributed by atoms with Crippen molar-refractivity contribution >= 4 is 62.4 Å². The first-order chi connectivity index (χ1) is 7.09. The third kappa shape index (κ3) is 5.07. The summed E-state index contributed by atoms with van der Waals surface area (Å²) in [6.07, 6.45) is 0.179. The molecule has 3 nitrogen and oxygen atoms in total. The number of benzene rings is 1. The van der Waals surface area contributed by atoms with Crippen molar-refractivity contribution < 1.29 is 9.90 Å². The van der Waals surface area contributed by atoms with Gasteiger partial charge >= 0.3 is 5.97 Å². The molecule has 6 heteroatoms. The fourth-order valence-corrected chi connectivity index (χ4v) is 2.84. The lowest BCUT2D eigenvalue weighted by molar-refractivity contribution is -0.136. The smallest absolute Gasteiger partial charge is 0.304 e. The van der Waals surface area contributed by atoms with Crippen molar-refractivity contribution in [3.8, 4) is 0 Å². The van der Waals surface area contributed by atoms with E-state index in [0.717, 1.165) is 10.2 Å². The molecule has 0 spiro atoms. The van der Waals surface area contributed by atoms with E-state index in [2.05, 4.69) is 38.8 Å². The molecule has 0 atom stereocenters. The van der Waals surface area contributed by atoms with Crippen molar-refractivity contribution in [1.29, 1.82) is 0 Å². The van der Waals surface area contributed by atoms with Crippen LogP contribution in [0.2, 0.25) is 0 Å². The molecule has 0 saturated heterocycles. The summed E-state index contributed by atoms with van der Waals surface area (Å²) in [4.78, 5) is 10.3. The molecule has 1 aromatic carbocycles. The van der Waals surface area contributed by atoms with Crippen molar-refractivity contribution in [3.63, 3.8) is 0 Å². The minimum atomic E-state index is -0.762. The molecular formula is C9H9BrINO2S. The van der Waals surface area contributed by atoms with Crippen LogP contribution in [-0.2, 0) is 4.79 Å². The van der Waals surface area contributed by atoms with Gasteiger partial charge in [0.15, 0.2) is 0 Å². The molecule has 15 heavy (non-hydrogen) atoms. The van der Waals surface area contributed by atoms with Gasteiger partial charge in [-0.05, 0) is 30.1 Å². The van der Waals surface area contributed by atoms with E-state index < -0.39 is 5.97 Å². The normalized spacial score (nSPS) is 10.0. The quantitative estimate of drug-likeness (QED) is 0.463. The van der Waals surface area contributed by atoms with Gasteiger partial charge in [0.2, 0.25) is 0 Å². The molecule has 0 fully saturated rings. The maximum atomic E-state index is 10.3. The van der Waals surface area contributed by atoms with Gasteiger partial charge in [0.1, 0.15) is 0 Å². The zero-order valence-corrected chi connectivity index (χ0v) is 12.3. The number of carbonyl (C=O) groups is 1. The van der Waals surface area contributed by atoms with Crippen LogP contribution in [0, 0.1) is 0 Å². The molecule has 0 aromatic heterocycles. The van der Waals surface area contributed by atoms with E-state index in [-0.39, 0.29) is 6.42 Å². The molecule has 0 aliphatic carbocycles. The molecule has 82 valence electrons. The van der Waals surface area contributed by atoms with Crippen LogP contribution in [0.3, 0.4) is 0 Å². The number of rotatable bonds is 5. The van der Waals surface area contributed by atoms with Gasteiger partial charge in [-0.15, -0.1) is 0 Å². The first kappa shape index (κ1) is 13.1. The lowest BCUT2D eigenvalue weighted by atomic mass is 10.3. The van der Waals surface area contributed by atoms with Crippen molar-refractivity contribution in [2.75, 3.05) is 8.27 Å². The number of hydrogen-bond donors (Lipinski definition) is 1. The Bertz CT molecular complexity index is 351. The van der Waals surface area contributed by atoms with E-state index in [9.17, 15) is 4.79 Å². The Balaban J connectivity index is 2.46. The Hall–Kier alpha value is 0.0500. The fraction of sp³-hybridized carbons (Fsp3) is 0.222. The number of aliphatic carboxylic acids is 1. The second kappa shape index (κ2) is 6.59. The van der Waals surface area contributed by atoms with E-state index in [1.807, 2.05) is 26.8 Å². The molecule has 1 rings (SSSR count). The fourth-order valence-electron chi connectivity index (χ4n) is 0.873. The highest BCUT2D eigenvalue weighted by Crippen LogP contribution is 2.29. The van der Waals surface area contributed by atoms with Crippen LogP contribution in [0.1, 0.15) is 6.42 Å². The van der Waals surface area contributed by atoms with Gasteiger partial charge in [-0.3, -0.25) is 7.31 Å². The highest BCUT2D eigenvalue weighted by atomic mass is 127. The van der Waals surface area contributed by atoms with Crippen LogP contribution in [0.25, 0.3) is 0 Å². The van der Waals surface area contributed by atoms with Crippen LogP contribution in [0.4, 0.5) is 5.69 Å². The lowest BCUT2D eigenvalue weighted by Crippen LogP contribution is -2.02. The maximum absolute atomic E-state index is 10.3. The maximum Gasteiger partial charge on any atom is 0.304 e. The van der Waals surface area contributed by atoms with E-state index >= 15 is 0 Å². The van der Waals surface area contributed by atoms with Crippen LogP contribution in [-0.4, -0.2) is 16.8 Å². The minimum Gasteiger partial charge on any atom is -0.481 e. The molecule has 1 N–H and O–H groups in total. The molecule has 0 heterocycles. The predicted molar refractivity (Wildman–Crippen MR) is 75.4 cm³/mol. The van der Waals surface area contributed by atoms with Crippen molar-refractivity contribution in [2.45, 2.75) is 6.42 Å². The van der Waals surface area contributed by atoms with Crippen LogP contribution >= 0.6 is 50.7 Å². The van der Waals surface area contributed by atoms with Gasteiger partial charge in [-0.2, -0.15) is 0 Å². The topological polar surface area (TPSA) is 40.5 Å². The second-order valence-corrected chi connectivity index (χ2v) is 6.27. The monoisotopic (exact) mass is 401 g/mol. The van der Waals surface area contributed by atoms with Gasteiger partial charge in [0.05, 0.1) is 35.0 Å². The summed E-state index contributed by atoms with van der Waals surface area (Å²) < 4.78 is 2.95. The number of nitrogens with zero attached hydrogens (tertiary/aromatic N) is 1. The molecule has 0 aliphatic rings. The zero-order chi connectivity index (χ0) is 11.3. The van der Waals surface area contributed by atoms with Gasteiger partial charge in [-0.1, -0.05) is 22.0 Å². The summed E-state index contributed by atoms with van der Waals surface area (Å²) in [5, 5.41) is 8.50. The molecule has 0 aliphatic heterocycles. The van der Waals surface area contributed by atoms with Crippen molar-refractivity contribution in [3.05, 3.63) is 28.7 Å². The largest absolute Gasteiger partial charge is 0.481 e. The summed E-state index contributed by atoms with van der Waals surface area (Å²) in [7, 11) is 0. The molecular weight excluding hydrogens is 393 g/mol. The Labute approximate surface area is 115 Å². The molecule has 0 amide bonds. The Kier molecular flexibility index (Phi) is 5.77. The number of halogens is 2. The first-order valence-corrected chi connectivity index (χ1v) is 6.86. The van der Waals surface area contributed by atoms with Gasteiger partial charge in [0, 0.05) is 10.2 Å². The molecule has 0 saturated carbocycles. The average Bonchev–Trinajstić information content (AvgIpc) is 2.17. The van der Waals surface area contributed by atoms with E-state index in [1.54, 1.807) is 0 Å². The number of carboxylic acid groups (broad SMARTS) is 1. The Morgan fingerprint density at radius 1 is 1.60 bits per heavy atom. The van der Waals surface area contributed by atoms with Crippen molar-refractivity contribution in [1.82, 2.24) is 0 Å². The first-order valence-electron chi connectivity index (χ1n) is 4.16. The van der Waals surface area contributed by atoms with Crippen LogP contribution in [0.15, 0.2) is 28.7 Å². The van der Waals surface area contributed by atoms with Crippen molar-refractivity contribution in [2.24, 2.45) is 0 Å². The summed E-state index contributed by atoms with van der Waals surface area (Å²) in [6, 6.07) is 7.86. The predicted octanol–water partition coefficient (Wildman–Crippen LogP) is 3.73. The minimum absolute atomic E-state index is 0.179.